The van der Waals surface area contributed by atoms with Gasteiger partial charge in [-0.05, 0) is 47.5 Å². The van der Waals surface area contributed by atoms with Crippen molar-refractivity contribution in [2.75, 3.05) is 53.4 Å². The Morgan fingerprint density at radius 1 is 1.07 bits per heavy atom. The van der Waals surface area contributed by atoms with Crippen LogP contribution < -0.4 is 5.32 Å². The van der Waals surface area contributed by atoms with Gasteiger partial charge in [-0.25, -0.2) is 4.79 Å². The molecule has 0 saturated heterocycles. The monoisotopic (exact) mass is 399 g/mol. The van der Waals surface area contributed by atoms with Crippen LogP contribution >= 0.6 is 0 Å². The van der Waals surface area contributed by atoms with E-state index in [4.69, 9.17) is 4.74 Å². The summed E-state index contributed by atoms with van der Waals surface area (Å²) in [5.41, 5.74) is -0.509. The van der Waals surface area contributed by atoms with Gasteiger partial charge >= 0.3 is 6.09 Å². The van der Waals surface area contributed by atoms with E-state index in [1.165, 1.54) is 0 Å². The zero-order valence-corrected chi connectivity index (χ0v) is 19.3. The first-order valence-electron chi connectivity index (χ1n) is 10.2. The highest BCUT2D eigenvalue weighted by molar-refractivity contribution is 5.86. The molecule has 1 unspecified atom stereocenters. The van der Waals surface area contributed by atoms with E-state index in [9.17, 15) is 9.59 Å². The Morgan fingerprint density at radius 3 is 2.11 bits per heavy atom. The molecule has 0 radical (unpaired) electrons. The number of nitrogens with one attached hydrogen (secondary N) is 1. The normalized spacial score (nSPS) is 13.0. The topological polar surface area (TPSA) is 77.5 Å². The Morgan fingerprint density at radius 2 is 1.64 bits per heavy atom. The standard InChI is InChI=1S/C20H41N5O3/c1-10-21-18(23(8)15-17(26)25(11-2)12-3)22-13-16(4)14-24(9)19(27)28-20(5,6)7/h16H,10-15H2,1-9H3,(H,21,22). The van der Waals surface area contributed by atoms with Crippen molar-refractivity contribution in [3.05, 3.63) is 0 Å². The molecule has 0 heterocycles. The summed E-state index contributed by atoms with van der Waals surface area (Å²) >= 11 is 0. The number of guanidine groups is 1. The maximum Gasteiger partial charge on any atom is 0.410 e. The van der Waals surface area contributed by atoms with Crippen LogP contribution in [0.5, 0.6) is 0 Å². The SMILES string of the molecule is CCNC(=NCC(C)CN(C)C(=O)OC(C)(C)C)N(C)CC(=O)N(CC)CC. The van der Waals surface area contributed by atoms with Crippen molar-refractivity contribution in [3.63, 3.8) is 0 Å². The summed E-state index contributed by atoms with van der Waals surface area (Å²) in [5.74, 6) is 0.920. The first kappa shape index (κ1) is 26.0. The second kappa shape index (κ2) is 12.5. The second-order valence-corrected chi connectivity index (χ2v) is 8.08. The van der Waals surface area contributed by atoms with Crippen molar-refractivity contribution in [1.82, 2.24) is 20.0 Å². The van der Waals surface area contributed by atoms with Crippen LogP contribution in [0.15, 0.2) is 4.99 Å². The van der Waals surface area contributed by atoms with Gasteiger partial charge in [0.1, 0.15) is 5.60 Å². The van der Waals surface area contributed by atoms with E-state index < -0.39 is 5.60 Å². The molecule has 164 valence electrons. The molecule has 0 aromatic carbocycles. The van der Waals surface area contributed by atoms with Gasteiger partial charge in [-0.15, -0.1) is 0 Å². The molecule has 1 N–H and O–H groups in total. The molecule has 0 fully saturated rings. The fourth-order valence-corrected chi connectivity index (χ4v) is 2.61. The van der Waals surface area contributed by atoms with Crippen LogP contribution in [0.25, 0.3) is 0 Å². The number of carbonyl (C=O) groups is 2. The number of rotatable bonds is 9. The van der Waals surface area contributed by atoms with E-state index in [1.807, 2.05) is 60.4 Å². The van der Waals surface area contributed by atoms with Crippen LogP contribution in [0.1, 0.15) is 48.5 Å². The van der Waals surface area contributed by atoms with Crippen LogP contribution in [0.4, 0.5) is 4.79 Å². The lowest BCUT2D eigenvalue weighted by atomic mass is 10.2. The Hall–Kier alpha value is -1.99. The number of aliphatic imine (C=N–C) groups is 1. The van der Waals surface area contributed by atoms with Crippen molar-refractivity contribution >= 4 is 18.0 Å². The minimum absolute atomic E-state index is 0.0795. The Balaban J connectivity index is 4.82. The molecule has 1 atom stereocenters. The molecule has 0 aliphatic rings. The third-order valence-corrected chi connectivity index (χ3v) is 4.03. The number of carbonyl (C=O) groups excluding carboxylic acids is 2. The van der Waals surface area contributed by atoms with Crippen molar-refractivity contribution < 1.29 is 14.3 Å². The van der Waals surface area contributed by atoms with Gasteiger partial charge in [0.25, 0.3) is 0 Å². The largest absolute Gasteiger partial charge is 0.444 e. The summed E-state index contributed by atoms with van der Waals surface area (Å²) in [6.07, 6.45) is -0.336. The fraction of sp³-hybridized carbons (Fsp3) is 0.850. The summed E-state index contributed by atoms with van der Waals surface area (Å²) in [6.45, 7) is 17.0. The number of nitrogens with zero attached hydrogens (tertiary/aromatic N) is 4. The summed E-state index contributed by atoms with van der Waals surface area (Å²) in [6, 6.07) is 0. The molecule has 0 aromatic heterocycles. The molecule has 0 aliphatic heterocycles. The zero-order chi connectivity index (χ0) is 21.9. The lowest BCUT2D eigenvalue weighted by Crippen LogP contribution is -2.46. The van der Waals surface area contributed by atoms with E-state index in [0.717, 1.165) is 6.54 Å². The predicted molar refractivity (Wildman–Crippen MR) is 115 cm³/mol. The van der Waals surface area contributed by atoms with Crippen LogP contribution in [-0.2, 0) is 9.53 Å². The Kier molecular flexibility index (Phi) is 11.6. The molecule has 8 heteroatoms. The predicted octanol–water partition coefficient (Wildman–Crippen LogP) is 2.26. The maximum atomic E-state index is 12.3. The minimum atomic E-state index is -0.509. The third-order valence-electron chi connectivity index (χ3n) is 4.03. The van der Waals surface area contributed by atoms with E-state index in [-0.39, 0.29) is 24.5 Å². The van der Waals surface area contributed by atoms with E-state index in [0.29, 0.717) is 32.1 Å². The van der Waals surface area contributed by atoms with Crippen LogP contribution in [0.3, 0.4) is 0 Å². The maximum absolute atomic E-state index is 12.3. The van der Waals surface area contributed by atoms with Gasteiger partial charge in [-0.2, -0.15) is 0 Å². The fourth-order valence-electron chi connectivity index (χ4n) is 2.61. The number of amides is 2. The molecule has 0 bridgehead atoms. The van der Waals surface area contributed by atoms with Crippen molar-refractivity contribution in [3.8, 4) is 0 Å². The molecule has 2 amide bonds. The van der Waals surface area contributed by atoms with Gasteiger partial charge in [0, 0.05) is 46.8 Å². The molecule has 0 rings (SSSR count). The molecule has 0 saturated carbocycles. The molecule has 8 nitrogen and oxygen atoms in total. The van der Waals surface area contributed by atoms with Crippen molar-refractivity contribution in [2.24, 2.45) is 10.9 Å². The van der Waals surface area contributed by atoms with E-state index >= 15 is 0 Å². The smallest absolute Gasteiger partial charge is 0.410 e. The third kappa shape index (κ3) is 10.4. The summed E-state index contributed by atoms with van der Waals surface area (Å²) < 4.78 is 5.38. The number of hydrogen-bond donors (Lipinski definition) is 1. The van der Waals surface area contributed by atoms with Crippen LogP contribution in [0, 0.1) is 5.92 Å². The van der Waals surface area contributed by atoms with Gasteiger partial charge in [0.05, 0.1) is 6.54 Å². The first-order chi connectivity index (χ1) is 12.9. The van der Waals surface area contributed by atoms with Gasteiger partial charge in [0.15, 0.2) is 5.96 Å². The van der Waals surface area contributed by atoms with Crippen molar-refractivity contribution in [1.29, 1.82) is 0 Å². The summed E-state index contributed by atoms with van der Waals surface area (Å²) in [5, 5.41) is 3.23. The first-order valence-corrected chi connectivity index (χ1v) is 10.2. The molecule has 28 heavy (non-hydrogen) atoms. The number of likely N-dealkylation sites (N-methyl/N-ethyl adjacent to an activating group) is 2. The quantitative estimate of drug-likeness (QED) is 0.475. The average Bonchev–Trinajstić information content (AvgIpc) is 2.57. The van der Waals surface area contributed by atoms with E-state index in [2.05, 4.69) is 10.3 Å². The summed E-state index contributed by atoms with van der Waals surface area (Å²) in [4.78, 5) is 34.3. The number of ether oxygens (including phenoxy) is 1. The van der Waals surface area contributed by atoms with Gasteiger partial charge < -0.3 is 24.8 Å². The van der Waals surface area contributed by atoms with Crippen LogP contribution in [0.2, 0.25) is 0 Å². The lowest BCUT2D eigenvalue weighted by molar-refractivity contribution is -0.131. The average molecular weight is 400 g/mol. The van der Waals surface area contributed by atoms with Gasteiger partial charge in [0.2, 0.25) is 5.91 Å². The van der Waals surface area contributed by atoms with E-state index in [1.54, 1.807) is 16.8 Å². The lowest BCUT2D eigenvalue weighted by Gasteiger charge is -2.27. The highest BCUT2D eigenvalue weighted by Crippen LogP contribution is 2.10. The Labute approximate surface area is 171 Å². The molecule has 0 aromatic rings. The molecular weight excluding hydrogens is 358 g/mol. The highest BCUT2D eigenvalue weighted by atomic mass is 16.6. The molecule has 0 aliphatic carbocycles. The minimum Gasteiger partial charge on any atom is -0.444 e. The molecule has 0 spiro atoms. The van der Waals surface area contributed by atoms with Crippen LogP contribution in [-0.4, -0.2) is 91.6 Å². The van der Waals surface area contributed by atoms with Crippen molar-refractivity contribution in [2.45, 2.75) is 54.1 Å². The number of hydrogen-bond acceptors (Lipinski definition) is 4. The zero-order valence-electron chi connectivity index (χ0n) is 19.3. The highest BCUT2D eigenvalue weighted by Gasteiger charge is 2.21. The Bertz CT molecular complexity index is 512. The van der Waals surface area contributed by atoms with Gasteiger partial charge in [-0.1, -0.05) is 6.92 Å². The second-order valence-electron chi connectivity index (χ2n) is 8.08. The van der Waals surface area contributed by atoms with Gasteiger partial charge in [-0.3, -0.25) is 9.79 Å². The summed E-state index contributed by atoms with van der Waals surface area (Å²) in [7, 11) is 3.59. The molecular formula is C20H41N5O3.